The van der Waals surface area contributed by atoms with E-state index in [1.807, 2.05) is 0 Å². The molecule has 0 spiro atoms. The van der Waals surface area contributed by atoms with Crippen molar-refractivity contribution in [3.63, 3.8) is 0 Å². The van der Waals surface area contributed by atoms with E-state index in [-0.39, 0.29) is 23.5 Å². The number of oxazole rings is 1. The average Bonchev–Trinajstić information content (AvgIpc) is 2.86. The highest BCUT2D eigenvalue weighted by atomic mass is 19.4. The van der Waals surface area contributed by atoms with Crippen LogP contribution in [0.4, 0.5) is 13.2 Å². The molecular formula is C15H13F3N4O3. The van der Waals surface area contributed by atoms with Gasteiger partial charge in [0.2, 0.25) is 5.89 Å². The Balaban J connectivity index is 2.22. The van der Waals surface area contributed by atoms with Crippen molar-refractivity contribution in [1.29, 1.82) is 0 Å². The molecule has 0 aromatic carbocycles. The van der Waals surface area contributed by atoms with Gasteiger partial charge in [0.25, 0.3) is 5.56 Å². The van der Waals surface area contributed by atoms with Crippen molar-refractivity contribution in [2.45, 2.75) is 26.6 Å². The second-order valence-electron chi connectivity index (χ2n) is 5.55. The van der Waals surface area contributed by atoms with Crippen LogP contribution >= 0.6 is 0 Å². The quantitative estimate of drug-likeness (QED) is 0.700. The molecule has 7 nitrogen and oxygen atoms in total. The number of hydrogen-bond acceptors (Lipinski definition) is 5. The maximum Gasteiger partial charge on any atom is 0.433 e. The van der Waals surface area contributed by atoms with Gasteiger partial charge in [-0.15, -0.1) is 0 Å². The molecule has 0 aliphatic rings. The van der Waals surface area contributed by atoms with Crippen molar-refractivity contribution in [3.05, 3.63) is 56.0 Å². The molecule has 3 aromatic heterocycles. The Hall–Kier alpha value is -2.91. The Labute approximate surface area is 138 Å². The fourth-order valence-corrected chi connectivity index (χ4v) is 2.41. The van der Waals surface area contributed by atoms with Crippen LogP contribution in [0.5, 0.6) is 0 Å². The van der Waals surface area contributed by atoms with Crippen LogP contribution in [0.15, 0.2) is 26.1 Å². The zero-order valence-corrected chi connectivity index (χ0v) is 13.5. The van der Waals surface area contributed by atoms with Gasteiger partial charge in [-0.05, 0) is 26.0 Å². The van der Waals surface area contributed by atoms with Crippen molar-refractivity contribution in [1.82, 2.24) is 19.1 Å². The Bertz CT molecular complexity index is 1070. The van der Waals surface area contributed by atoms with Gasteiger partial charge in [0.15, 0.2) is 0 Å². The Kier molecular flexibility index (Phi) is 3.77. The van der Waals surface area contributed by atoms with E-state index >= 15 is 0 Å². The molecule has 0 amide bonds. The van der Waals surface area contributed by atoms with E-state index in [4.69, 9.17) is 4.42 Å². The van der Waals surface area contributed by atoms with Gasteiger partial charge >= 0.3 is 11.9 Å². The average molecular weight is 354 g/mol. The fourth-order valence-electron chi connectivity index (χ4n) is 2.41. The minimum atomic E-state index is -4.67. The molecule has 0 unspecified atom stereocenters. The number of nitrogens with zero attached hydrogens (tertiary/aromatic N) is 4. The number of rotatable bonds is 2. The third-order valence-corrected chi connectivity index (χ3v) is 3.84. The predicted molar refractivity (Wildman–Crippen MR) is 81.3 cm³/mol. The predicted octanol–water partition coefficient (Wildman–Crippen LogP) is 1.77. The number of hydrogen-bond donors (Lipinski definition) is 0. The molecule has 10 heteroatoms. The van der Waals surface area contributed by atoms with Crippen molar-refractivity contribution in [3.8, 4) is 0 Å². The molecule has 0 aliphatic carbocycles. The number of pyridine rings is 1. The van der Waals surface area contributed by atoms with E-state index in [0.717, 1.165) is 15.2 Å². The van der Waals surface area contributed by atoms with Gasteiger partial charge in [-0.25, -0.2) is 14.8 Å². The summed E-state index contributed by atoms with van der Waals surface area (Å²) in [7, 11) is 1.25. The summed E-state index contributed by atoms with van der Waals surface area (Å²) in [6, 6.07) is 1.72. The Morgan fingerprint density at radius 3 is 2.40 bits per heavy atom. The van der Waals surface area contributed by atoms with Crippen molar-refractivity contribution >= 4 is 11.0 Å². The molecule has 0 radical (unpaired) electrons. The standard InChI is InChI=1S/C15H13F3N4O3/c1-7-8(2)25-11(19-7)6-22-13(23)9-4-5-10(15(16,17)18)20-12(9)21(3)14(22)24/h4-5H,6H2,1-3H3. The lowest BCUT2D eigenvalue weighted by molar-refractivity contribution is -0.141. The molecule has 0 saturated carbocycles. The van der Waals surface area contributed by atoms with Crippen LogP contribution in [0.25, 0.3) is 11.0 Å². The monoisotopic (exact) mass is 354 g/mol. The van der Waals surface area contributed by atoms with Crippen LogP contribution in [-0.2, 0) is 19.8 Å². The molecule has 132 valence electrons. The zero-order valence-electron chi connectivity index (χ0n) is 13.5. The summed E-state index contributed by atoms with van der Waals surface area (Å²) in [5.74, 6) is 0.713. The highest BCUT2D eigenvalue weighted by Crippen LogP contribution is 2.28. The summed E-state index contributed by atoms with van der Waals surface area (Å²) in [4.78, 5) is 32.4. The van der Waals surface area contributed by atoms with Gasteiger partial charge in [-0.2, -0.15) is 13.2 Å². The molecule has 25 heavy (non-hydrogen) atoms. The van der Waals surface area contributed by atoms with Crippen LogP contribution in [0.2, 0.25) is 0 Å². The van der Waals surface area contributed by atoms with Gasteiger partial charge in [-0.3, -0.25) is 13.9 Å². The first-order chi connectivity index (χ1) is 11.6. The van der Waals surface area contributed by atoms with E-state index in [2.05, 4.69) is 9.97 Å². The van der Waals surface area contributed by atoms with Crippen molar-refractivity contribution in [2.75, 3.05) is 0 Å². The van der Waals surface area contributed by atoms with E-state index < -0.39 is 23.1 Å². The Morgan fingerprint density at radius 2 is 1.84 bits per heavy atom. The van der Waals surface area contributed by atoms with E-state index in [1.54, 1.807) is 13.8 Å². The molecule has 3 rings (SSSR count). The molecule has 0 aliphatic heterocycles. The molecule has 0 atom stereocenters. The second kappa shape index (κ2) is 5.57. The largest absolute Gasteiger partial charge is 0.444 e. The van der Waals surface area contributed by atoms with Gasteiger partial charge < -0.3 is 4.42 Å². The summed E-state index contributed by atoms with van der Waals surface area (Å²) in [6.07, 6.45) is -4.67. The molecule has 0 bridgehead atoms. The van der Waals surface area contributed by atoms with Gasteiger partial charge in [-0.1, -0.05) is 0 Å². The summed E-state index contributed by atoms with van der Waals surface area (Å²) in [6.45, 7) is 3.18. The molecule has 0 saturated heterocycles. The lowest BCUT2D eigenvalue weighted by Gasteiger charge is -2.11. The van der Waals surface area contributed by atoms with Crippen molar-refractivity contribution in [2.24, 2.45) is 7.05 Å². The molecule has 3 aromatic rings. The van der Waals surface area contributed by atoms with E-state index in [0.29, 0.717) is 17.5 Å². The fraction of sp³-hybridized carbons (Fsp3) is 0.333. The topological polar surface area (TPSA) is 82.9 Å². The molecular weight excluding hydrogens is 341 g/mol. The first-order valence-electron chi connectivity index (χ1n) is 7.20. The van der Waals surface area contributed by atoms with Gasteiger partial charge in [0, 0.05) is 7.05 Å². The first kappa shape index (κ1) is 16.9. The summed E-state index contributed by atoms with van der Waals surface area (Å²) in [5.41, 5.74) is -2.45. The number of halogens is 3. The number of aromatic nitrogens is 4. The normalized spacial score (nSPS) is 12.1. The smallest absolute Gasteiger partial charge is 0.433 e. The SMILES string of the molecule is Cc1nc(Cn2c(=O)c3ccc(C(F)(F)F)nc3n(C)c2=O)oc1C. The lowest BCUT2D eigenvalue weighted by Crippen LogP contribution is -2.39. The maximum absolute atomic E-state index is 12.8. The third-order valence-electron chi connectivity index (χ3n) is 3.84. The Morgan fingerprint density at radius 1 is 1.16 bits per heavy atom. The lowest BCUT2D eigenvalue weighted by atomic mass is 10.2. The minimum Gasteiger partial charge on any atom is -0.444 e. The minimum absolute atomic E-state index is 0.102. The van der Waals surface area contributed by atoms with Gasteiger partial charge in [0.05, 0.1) is 11.1 Å². The van der Waals surface area contributed by atoms with Crippen LogP contribution in [-0.4, -0.2) is 19.1 Å². The van der Waals surface area contributed by atoms with Crippen LogP contribution in [0.3, 0.4) is 0 Å². The van der Waals surface area contributed by atoms with E-state index in [1.165, 1.54) is 7.05 Å². The summed E-state index contributed by atoms with van der Waals surface area (Å²) < 4.78 is 45.5. The number of fused-ring (bicyclic) bond motifs is 1. The number of alkyl halides is 3. The molecule has 0 fully saturated rings. The third kappa shape index (κ3) is 2.83. The van der Waals surface area contributed by atoms with Crippen LogP contribution < -0.4 is 11.2 Å². The zero-order chi connectivity index (χ0) is 18.5. The van der Waals surface area contributed by atoms with Crippen LogP contribution in [0, 0.1) is 13.8 Å². The molecule has 0 N–H and O–H groups in total. The second-order valence-corrected chi connectivity index (χ2v) is 5.55. The first-order valence-corrected chi connectivity index (χ1v) is 7.20. The number of aryl methyl sites for hydroxylation is 3. The molecule has 3 heterocycles. The highest BCUT2D eigenvalue weighted by Gasteiger charge is 2.33. The summed E-state index contributed by atoms with van der Waals surface area (Å²) >= 11 is 0. The highest BCUT2D eigenvalue weighted by molar-refractivity contribution is 5.74. The van der Waals surface area contributed by atoms with Gasteiger partial charge in [0.1, 0.15) is 23.6 Å². The van der Waals surface area contributed by atoms with Crippen LogP contribution in [0.1, 0.15) is 23.0 Å². The maximum atomic E-state index is 12.8. The van der Waals surface area contributed by atoms with Crippen molar-refractivity contribution < 1.29 is 17.6 Å². The van der Waals surface area contributed by atoms with E-state index in [9.17, 15) is 22.8 Å². The summed E-state index contributed by atoms with van der Waals surface area (Å²) in [5, 5.41) is -0.102.